The Kier molecular flexibility index (Phi) is 4.91. The average Bonchev–Trinajstić information content (AvgIpc) is 1.83. The van der Waals surface area contributed by atoms with Crippen LogP contribution >= 0.6 is 0 Å². The molecule has 0 saturated carbocycles. The molecule has 68 valence electrons. The van der Waals surface area contributed by atoms with Crippen LogP contribution < -0.4 is 5.32 Å². The Labute approximate surface area is 71.7 Å². The van der Waals surface area contributed by atoms with Gasteiger partial charge in [0.25, 0.3) is 0 Å². The standard InChI is InChI=1S/C7H19NO2Si/c1-7(2,3)8-4-6(9)5-10-11/h6,8-9H,4-5H2,1-3,11H3. The van der Waals surface area contributed by atoms with Crippen LogP contribution in [-0.2, 0) is 4.43 Å². The van der Waals surface area contributed by atoms with Crippen molar-refractivity contribution in [3.8, 4) is 0 Å². The molecule has 0 aromatic heterocycles. The number of hydrogen-bond acceptors (Lipinski definition) is 3. The second-order valence-electron chi connectivity index (χ2n) is 3.74. The van der Waals surface area contributed by atoms with Crippen LogP contribution in [-0.4, -0.2) is 40.4 Å². The molecule has 1 unspecified atom stereocenters. The van der Waals surface area contributed by atoms with Crippen LogP contribution in [0.15, 0.2) is 0 Å². The summed E-state index contributed by atoms with van der Waals surface area (Å²) in [6, 6.07) is 0. The van der Waals surface area contributed by atoms with Gasteiger partial charge in [-0.25, -0.2) is 0 Å². The SMILES string of the molecule is CC(C)(C)NCC(O)CO[SiH3]. The van der Waals surface area contributed by atoms with Gasteiger partial charge >= 0.3 is 0 Å². The third-order valence-electron chi connectivity index (χ3n) is 1.23. The van der Waals surface area contributed by atoms with Gasteiger partial charge in [0.1, 0.15) is 10.5 Å². The monoisotopic (exact) mass is 177 g/mol. The van der Waals surface area contributed by atoms with Crippen molar-refractivity contribution >= 4 is 10.5 Å². The van der Waals surface area contributed by atoms with Crippen molar-refractivity contribution in [1.29, 1.82) is 0 Å². The van der Waals surface area contributed by atoms with Crippen LogP contribution in [0.4, 0.5) is 0 Å². The normalized spacial score (nSPS) is 15.3. The highest BCUT2D eigenvalue weighted by Gasteiger charge is 2.11. The van der Waals surface area contributed by atoms with Gasteiger partial charge in [0.05, 0.1) is 12.7 Å². The molecule has 0 saturated heterocycles. The third-order valence-corrected chi connectivity index (χ3v) is 1.56. The Morgan fingerprint density at radius 2 is 2.09 bits per heavy atom. The molecule has 3 nitrogen and oxygen atoms in total. The molecule has 0 bridgehead atoms. The molecule has 0 aromatic carbocycles. The molecule has 0 fully saturated rings. The number of aliphatic hydroxyl groups excluding tert-OH is 1. The van der Waals surface area contributed by atoms with Crippen molar-refractivity contribution in [3.63, 3.8) is 0 Å². The lowest BCUT2D eigenvalue weighted by Crippen LogP contribution is -2.42. The largest absolute Gasteiger partial charge is 0.425 e. The van der Waals surface area contributed by atoms with Gasteiger partial charge in [0.2, 0.25) is 0 Å². The molecular formula is C7H19NO2Si. The molecule has 0 radical (unpaired) electrons. The van der Waals surface area contributed by atoms with E-state index in [0.717, 1.165) is 0 Å². The second-order valence-corrected chi connectivity index (χ2v) is 4.32. The predicted molar refractivity (Wildman–Crippen MR) is 49.7 cm³/mol. The van der Waals surface area contributed by atoms with Crippen LogP contribution in [0.3, 0.4) is 0 Å². The molecule has 0 aliphatic rings. The van der Waals surface area contributed by atoms with Gasteiger partial charge < -0.3 is 14.8 Å². The number of aliphatic hydroxyl groups is 1. The highest BCUT2D eigenvalue weighted by atomic mass is 28.2. The zero-order valence-corrected chi connectivity index (χ0v) is 9.85. The summed E-state index contributed by atoms with van der Waals surface area (Å²) in [7, 11) is 0.695. The number of β-amino-alcohol motifs (C(OH)–C–C–N with tert-alkyl or cyclic N) is 1. The number of hydrogen-bond donors (Lipinski definition) is 2. The van der Waals surface area contributed by atoms with E-state index < -0.39 is 0 Å². The molecule has 1 atom stereocenters. The number of nitrogens with one attached hydrogen (secondary N) is 1. The van der Waals surface area contributed by atoms with Crippen molar-refractivity contribution in [2.45, 2.75) is 32.4 Å². The molecule has 0 spiro atoms. The van der Waals surface area contributed by atoms with Crippen molar-refractivity contribution in [2.24, 2.45) is 0 Å². The first-order valence-electron chi connectivity index (χ1n) is 3.88. The first kappa shape index (κ1) is 11.1. The molecule has 11 heavy (non-hydrogen) atoms. The van der Waals surface area contributed by atoms with Gasteiger partial charge in [-0.05, 0) is 20.8 Å². The Balaban J connectivity index is 3.38. The van der Waals surface area contributed by atoms with Crippen molar-refractivity contribution in [1.82, 2.24) is 5.32 Å². The maximum Gasteiger partial charge on any atom is 0.146 e. The lowest BCUT2D eigenvalue weighted by atomic mass is 10.1. The van der Waals surface area contributed by atoms with E-state index in [0.29, 0.717) is 23.6 Å². The molecule has 2 N–H and O–H groups in total. The molecule has 0 aliphatic carbocycles. The third kappa shape index (κ3) is 8.00. The Bertz CT molecular complexity index is 103. The summed E-state index contributed by atoms with van der Waals surface area (Å²) in [6.07, 6.45) is -0.369. The van der Waals surface area contributed by atoms with E-state index in [1.165, 1.54) is 0 Å². The zero-order valence-electron chi connectivity index (χ0n) is 7.85. The van der Waals surface area contributed by atoms with Crippen LogP contribution in [0.25, 0.3) is 0 Å². The topological polar surface area (TPSA) is 41.5 Å². The molecular weight excluding hydrogens is 158 g/mol. The Morgan fingerprint density at radius 3 is 2.45 bits per heavy atom. The molecule has 0 rings (SSSR count). The van der Waals surface area contributed by atoms with Crippen LogP contribution in [0.1, 0.15) is 20.8 Å². The van der Waals surface area contributed by atoms with E-state index in [4.69, 9.17) is 4.43 Å². The second kappa shape index (κ2) is 4.87. The average molecular weight is 177 g/mol. The van der Waals surface area contributed by atoms with Gasteiger partial charge in [0.15, 0.2) is 0 Å². The zero-order chi connectivity index (χ0) is 8.91. The minimum absolute atomic E-state index is 0.0755. The predicted octanol–water partition coefficient (Wildman–Crippen LogP) is -0.968. The highest BCUT2D eigenvalue weighted by molar-refractivity contribution is 5.97. The van der Waals surface area contributed by atoms with E-state index >= 15 is 0 Å². The van der Waals surface area contributed by atoms with Crippen LogP contribution in [0.2, 0.25) is 0 Å². The summed E-state index contributed by atoms with van der Waals surface area (Å²) in [5.74, 6) is 0. The maximum atomic E-state index is 9.25. The van der Waals surface area contributed by atoms with E-state index in [1.807, 2.05) is 0 Å². The lowest BCUT2D eigenvalue weighted by Gasteiger charge is -2.22. The lowest BCUT2D eigenvalue weighted by molar-refractivity contribution is 0.105. The van der Waals surface area contributed by atoms with Crippen molar-refractivity contribution < 1.29 is 9.53 Å². The minimum Gasteiger partial charge on any atom is -0.425 e. The van der Waals surface area contributed by atoms with Gasteiger partial charge in [-0.2, -0.15) is 0 Å². The fraction of sp³-hybridized carbons (Fsp3) is 1.00. The van der Waals surface area contributed by atoms with Crippen molar-refractivity contribution in [3.05, 3.63) is 0 Å². The van der Waals surface area contributed by atoms with Crippen LogP contribution in [0, 0.1) is 0 Å². The fourth-order valence-corrected chi connectivity index (χ4v) is 1.06. The quantitative estimate of drug-likeness (QED) is 0.543. The van der Waals surface area contributed by atoms with Gasteiger partial charge in [-0.3, -0.25) is 0 Å². The number of rotatable bonds is 4. The Hall–Kier alpha value is 0.0969. The van der Waals surface area contributed by atoms with E-state index in [9.17, 15) is 5.11 Å². The molecule has 0 aromatic rings. The van der Waals surface area contributed by atoms with Crippen LogP contribution in [0.5, 0.6) is 0 Å². The van der Waals surface area contributed by atoms with Crippen molar-refractivity contribution in [2.75, 3.05) is 13.2 Å². The molecule has 4 heteroatoms. The van der Waals surface area contributed by atoms with Gasteiger partial charge in [0, 0.05) is 12.1 Å². The maximum absolute atomic E-state index is 9.25. The molecule has 0 heterocycles. The summed E-state index contributed by atoms with van der Waals surface area (Å²) < 4.78 is 4.92. The Morgan fingerprint density at radius 1 is 1.55 bits per heavy atom. The molecule has 0 aliphatic heterocycles. The summed E-state index contributed by atoms with van der Waals surface area (Å²) >= 11 is 0. The van der Waals surface area contributed by atoms with E-state index in [1.54, 1.807) is 0 Å². The fourth-order valence-electron chi connectivity index (χ4n) is 0.675. The summed E-state index contributed by atoms with van der Waals surface area (Å²) in [5, 5.41) is 12.4. The summed E-state index contributed by atoms with van der Waals surface area (Å²) in [5.41, 5.74) is 0.0755. The summed E-state index contributed by atoms with van der Waals surface area (Å²) in [4.78, 5) is 0. The van der Waals surface area contributed by atoms with Gasteiger partial charge in [-0.15, -0.1) is 0 Å². The summed E-state index contributed by atoms with van der Waals surface area (Å²) in [6.45, 7) is 7.27. The highest BCUT2D eigenvalue weighted by Crippen LogP contribution is 1.97. The molecule has 0 amide bonds. The van der Waals surface area contributed by atoms with Gasteiger partial charge in [-0.1, -0.05) is 0 Å². The van der Waals surface area contributed by atoms with E-state index in [-0.39, 0.29) is 11.6 Å². The van der Waals surface area contributed by atoms with E-state index in [2.05, 4.69) is 26.1 Å². The minimum atomic E-state index is -0.369. The smallest absolute Gasteiger partial charge is 0.146 e. The first-order valence-corrected chi connectivity index (χ1v) is 4.69. The first-order chi connectivity index (χ1) is 4.95.